The molecule has 60 valence electrons. The van der Waals surface area contributed by atoms with E-state index in [-0.39, 0.29) is 0 Å². The fourth-order valence-electron chi connectivity index (χ4n) is 1.33. The molecule has 0 spiro atoms. The minimum Gasteiger partial charge on any atom is -0.458 e. The second-order valence-electron chi connectivity index (χ2n) is 2.70. The van der Waals surface area contributed by atoms with Crippen LogP contribution in [0.1, 0.15) is 12.8 Å². The zero-order valence-corrected chi connectivity index (χ0v) is 6.30. The number of ether oxygens (including phenoxy) is 2. The highest BCUT2D eigenvalue weighted by Crippen LogP contribution is 2.29. The van der Waals surface area contributed by atoms with Crippen molar-refractivity contribution < 1.29 is 9.47 Å². The van der Waals surface area contributed by atoms with Gasteiger partial charge in [0.15, 0.2) is 0 Å². The van der Waals surface area contributed by atoms with E-state index in [2.05, 4.69) is 6.08 Å². The van der Waals surface area contributed by atoms with Crippen LogP contribution in [0.2, 0.25) is 0 Å². The summed E-state index contributed by atoms with van der Waals surface area (Å²) in [6.07, 6.45) is 3.81. The van der Waals surface area contributed by atoms with Gasteiger partial charge in [-0.2, -0.15) is 0 Å². The third-order valence-corrected chi connectivity index (χ3v) is 2.00. The monoisotopic (exact) mass is 153 g/mol. The Hall–Kier alpha value is -0.960. The lowest BCUT2D eigenvalue weighted by Gasteiger charge is -2.10. The number of allylic oxidation sites excluding steroid dienone is 2. The first-order valence-corrected chi connectivity index (χ1v) is 3.75. The van der Waals surface area contributed by atoms with Crippen LogP contribution in [0.4, 0.5) is 0 Å². The Bertz CT molecular complexity index is 230. The SMILES string of the molecule is NCC1=CCC2=C(C1)OCO2. The molecule has 0 unspecified atom stereocenters. The summed E-state index contributed by atoms with van der Waals surface area (Å²) < 4.78 is 10.5. The Kier molecular flexibility index (Phi) is 1.58. The summed E-state index contributed by atoms with van der Waals surface area (Å²) in [5, 5.41) is 0. The summed E-state index contributed by atoms with van der Waals surface area (Å²) in [6.45, 7) is 1.01. The molecular weight excluding hydrogens is 142 g/mol. The van der Waals surface area contributed by atoms with Gasteiger partial charge in [-0.25, -0.2) is 0 Å². The van der Waals surface area contributed by atoms with E-state index in [1.807, 2.05) is 0 Å². The molecule has 0 amide bonds. The van der Waals surface area contributed by atoms with Crippen molar-refractivity contribution in [1.29, 1.82) is 0 Å². The summed E-state index contributed by atoms with van der Waals surface area (Å²) >= 11 is 0. The quantitative estimate of drug-likeness (QED) is 0.569. The molecule has 0 aromatic carbocycles. The standard InChI is InChI=1S/C8H11NO2/c9-4-6-1-2-7-8(3-6)11-5-10-7/h1H,2-5,9H2. The Morgan fingerprint density at radius 2 is 2.18 bits per heavy atom. The van der Waals surface area contributed by atoms with Gasteiger partial charge in [0.25, 0.3) is 0 Å². The molecule has 3 nitrogen and oxygen atoms in total. The van der Waals surface area contributed by atoms with E-state index in [9.17, 15) is 0 Å². The van der Waals surface area contributed by atoms with Crippen molar-refractivity contribution in [1.82, 2.24) is 0 Å². The molecule has 0 atom stereocenters. The van der Waals surface area contributed by atoms with E-state index in [0.29, 0.717) is 13.3 Å². The summed E-state index contributed by atoms with van der Waals surface area (Å²) in [4.78, 5) is 0. The van der Waals surface area contributed by atoms with Crippen LogP contribution in [0.15, 0.2) is 23.2 Å². The maximum atomic E-state index is 5.50. The molecule has 1 aliphatic carbocycles. The molecule has 0 saturated heterocycles. The molecule has 2 N–H and O–H groups in total. The Balaban J connectivity index is 2.10. The summed E-state index contributed by atoms with van der Waals surface area (Å²) in [6, 6.07) is 0. The maximum Gasteiger partial charge on any atom is 0.230 e. The topological polar surface area (TPSA) is 44.5 Å². The van der Waals surface area contributed by atoms with Crippen molar-refractivity contribution in [2.45, 2.75) is 12.8 Å². The Morgan fingerprint density at radius 3 is 3.00 bits per heavy atom. The van der Waals surface area contributed by atoms with Crippen LogP contribution in [0.25, 0.3) is 0 Å². The van der Waals surface area contributed by atoms with E-state index in [1.165, 1.54) is 5.57 Å². The van der Waals surface area contributed by atoms with Gasteiger partial charge in [-0.3, -0.25) is 0 Å². The largest absolute Gasteiger partial charge is 0.458 e. The zero-order valence-electron chi connectivity index (χ0n) is 6.30. The van der Waals surface area contributed by atoms with Crippen LogP contribution in [0.3, 0.4) is 0 Å². The van der Waals surface area contributed by atoms with E-state index >= 15 is 0 Å². The van der Waals surface area contributed by atoms with Crippen LogP contribution in [0, 0.1) is 0 Å². The molecule has 0 fully saturated rings. The highest BCUT2D eigenvalue weighted by molar-refractivity contribution is 5.24. The van der Waals surface area contributed by atoms with Gasteiger partial charge in [-0.05, 0) is 0 Å². The number of rotatable bonds is 1. The second-order valence-corrected chi connectivity index (χ2v) is 2.70. The van der Waals surface area contributed by atoms with Crippen molar-refractivity contribution in [3.8, 4) is 0 Å². The van der Waals surface area contributed by atoms with Crippen LogP contribution >= 0.6 is 0 Å². The average molecular weight is 153 g/mol. The molecule has 0 aromatic rings. The smallest absolute Gasteiger partial charge is 0.230 e. The maximum absolute atomic E-state index is 5.50. The van der Waals surface area contributed by atoms with Gasteiger partial charge < -0.3 is 15.2 Å². The minimum atomic E-state index is 0.385. The lowest BCUT2D eigenvalue weighted by Crippen LogP contribution is -2.07. The first kappa shape index (κ1) is 6.73. The molecule has 0 bridgehead atoms. The predicted molar refractivity (Wildman–Crippen MR) is 40.4 cm³/mol. The Morgan fingerprint density at radius 1 is 1.36 bits per heavy atom. The van der Waals surface area contributed by atoms with Gasteiger partial charge in [0, 0.05) is 19.4 Å². The van der Waals surface area contributed by atoms with Crippen molar-refractivity contribution >= 4 is 0 Å². The molecule has 2 rings (SSSR count). The molecule has 1 heterocycles. The molecule has 0 saturated carbocycles. The lowest BCUT2D eigenvalue weighted by molar-refractivity contribution is 0.0698. The summed E-state index contributed by atoms with van der Waals surface area (Å²) in [7, 11) is 0. The van der Waals surface area contributed by atoms with Crippen LogP contribution in [-0.2, 0) is 9.47 Å². The minimum absolute atomic E-state index is 0.385. The van der Waals surface area contributed by atoms with Gasteiger partial charge in [0.05, 0.1) is 0 Å². The number of nitrogens with two attached hydrogens (primary N) is 1. The first-order valence-electron chi connectivity index (χ1n) is 3.75. The molecule has 2 aliphatic rings. The third-order valence-electron chi connectivity index (χ3n) is 2.00. The van der Waals surface area contributed by atoms with Crippen LogP contribution in [-0.4, -0.2) is 13.3 Å². The molecule has 0 radical (unpaired) electrons. The van der Waals surface area contributed by atoms with Gasteiger partial charge >= 0.3 is 0 Å². The van der Waals surface area contributed by atoms with Gasteiger partial charge in [-0.1, -0.05) is 11.6 Å². The number of hydrogen-bond acceptors (Lipinski definition) is 3. The average Bonchev–Trinajstić information content (AvgIpc) is 2.50. The zero-order chi connectivity index (χ0) is 7.68. The fourth-order valence-corrected chi connectivity index (χ4v) is 1.33. The van der Waals surface area contributed by atoms with E-state index in [1.54, 1.807) is 0 Å². The predicted octanol–water partition coefficient (Wildman–Crippen LogP) is 0.881. The van der Waals surface area contributed by atoms with E-state index in [4.69, 9.17) is 15.2 Å². The van der Waals surface area contributed by atoms with Gasteiger partial charge in [0.1, 0.15) is 11.5 Å². The van der Waals surface area contributed by atoms with Crippen molar-refractivity contribution in [2.24, 2.45) is 5.73 Å². The van der Waals surface area contributed by atoms with Crippen LogP contribution in [0.5, 0.6) is 0 Å². The normalized spacial score (nSPS) is 22.1. The third kappa shape index (κ3) is 1.12. The lowest BCUT2D eigenvalue weighted by atomic mass is 10.0. The molecule has 1 aliphatic heterocycles. The van der Waals surface area contributed by atoms with Crippen molar-refractivity contribution in [3.63, 3.8) is 0 Å². The summed E-state index contributed by atoms with van der Waals surface area (Å²) in [5.74, 6) is 1.97. The molecule has 3 heteroatoms. The van der Waals surface area contributed by atoms with Crippen LogP contribution < -0.4 is 5.73 Å². The second kappa shape index (κ2) is 2.58. The van der Waals surface area contributed by atoms with E-state index < -0.39 is 0 Å². The van der Waals surface area contributed by atoms with Crippen molar-refractivity contribution in [3.05, 3.63) is 23.2 Å². The van der Waals surface area contributed by atoms with Gasteiger partial charge in [0.2, 0.25) is 6.79 Å². The fraction of sp³-hybridized carbons (Fsp3) is 0.500. The highest BCUT2D eigenvalue weighted by Gasteiger charge is 2.20. The molecular formula is C8H11NO2. The molecule has 11 heavy (non-hydrogen) atoms. The summed E-state index contributed by atoms with van der Waals surface area (Å²) in [5.41, 5.74) is 6.74. The van der Waals surface area contributed by atoms with E-state index in [0.717, 1.165) is 24.4 Å². The highest BCUT2D eigenvalue weighted by atomic mass is 16.7. The molecule has 0 aromatic heterocycles. The Labute approximate surface area is 65.5 Å². The van der Waals surface area contributed by atoms with Crippen molar-refractivity contribution in [2.75, 3.05) is 13.3 Å². The van der Waals surface area contributed by atoms with Gasteiger partial charge in [-0.15, -0.1) is 0 Å². The first-order chi connectivity index (χ1) is 5.40. The number of hydrogen-bond donors (Lipinski definition) is 1.